The highest BCUT2D eigenvalue weighted by atomic mass is 16.3. The lowest BCUT2D eigenvalue weighted by Crippen LogP contribution is -1.91. The molecule has 14 heavy (non-hydrogen) atoms. The Morgan fingerprint density at radius 3 is 2.93 bits per heavy atom. The molecule has 2 aromatic heterocycles. The van der Waals surface area contributed by atoms with Crippen molar-refractivity contribution in [3.8, 4) is 11.1 Å². The minimum atomic E-state index is -0.0751. The average molecular weight is 187 g/mol. The van der Waals surface area contributed by atoms with E-state index in [0.29, 0.717) is 5.76 Å². The smallest absolute Gasteiger partial charge is 0.195 e. The van der Waals surface area contributed by atoms with Gasteiger partial charge in [-0.15, -0.1) is 0 Å². The Bertz CT molecular complexity index is 445. The van der Waals surface area contributed by atoms with E-state index in [-0.39, 0.29) is 5.78 Å². The van der Waals surface area contributed by atoms with Crippen LogP contribution in [0.2, 0.25) is 0 Å². The van der Waals surface area contributed by atoms with Gasteiger partial charge in [0.15, 0.2) is 11.5 Å². The lowest BCUT2D eigenvalue weighted by Gasteiger charge is -1.97. The maximum absolute atomic E-state index is 11.2. The first-order valence-electron chi connectivity index (χ1n) is 4.28. The van der Waals surface area contributed by atoms with Crippen molar-refractivity contribution in [2.75, 3.05) is 0 Å². The number of rotatable bonds is 2. The molecule has 0 radical (unpaired) electrons. The van der Waals surface area contributed by atoms with Crippen molar-refractivity contribution in [1.29, 1.82) is 0 Å². The Kier molecular flexibility index (Phi) is 2.14. The van der Waals surface area contributed by atoms with Gasteiger partial charge in [0.05, 0.1) is 6.26 Å². The molecule has 0 aromatic carbocycles. The predicted molar refractivity (Wildman–Crippen MR) is 51.9 cm³/mol. The molecule has 3 heteroatoms. The monoisotopic (exact) mass is 187 g/mol. The first-order valence-corrected chi connectivity index (χ1v) is 4.28. The third-order valence-electron chi connectivity index (χ3n) is 1.96. The molecular weight excluding hydrogens is 178 g/mol. The minimum Gasteiger partial charge on any atom is -0.461 e. The van der Waals surface area contributed by atoms with Gasteiger partial charge in [0, 0.05) is 30.4 Å². The van der Waals surface area contributed by atoms with Crippen molar-refractivity contribution in [2.45, 2.75) is 6.92 Å². The van der Waals surface area contributed by atoms with Crippen LogP contribution in [0.1, 0.15) is 17.5 Å². The summed E-state index contributed by atoms with van der Waals surface area (Å²) in [5, 5.41) is 0. The molecule has 0 atom stereocenters. The normalized spacial score (nSPS) is 10.1. The number of carbonyl (C=O) groups excluding carboxylic acids is 1. The Hall–Kier alpha value is -1.90. The van der Waals surface area contributed by atoms with Crippen LogP contribution in [0.15, 0.2) is 41.3 Å². The predicted octanol–water partition coefficient (Wildman–Crippen LogP) is 2.54. The van der Waals surface area contributed by atoms with Crippen molar-refractivity contribution < 1.29 is 9.21 Å². The van der Waals surface area contributed by atoms with Crippen molar-refractivity contribution in [3.63, 3.8) is 0 Å². The van der Waals surface area contributed by atoms with Crippen molar-refractivity contribution in [1.82, 2.24) is 4.98 Å². The SMILES string of the molecule is CC(=O)c1occc1-c1cccnc1. The fourth-order valence-corrected chi connectivity index (χ4v) is 1.33. The van der Waals surface area contributed by atoms with E-state index >= 15 is 0 Å². The number of carbonyl (C=O) groups is 1. The van der Waals surface area contributed by atoms with Crippen LogP contribution in [0.4, 0.5) is 0 Å². The molecule has 0 unspecified atom stereocenters. The van der Waals surface area contributed by atoms with Crippen LogP contribution < -0.4 is 0 Å². The summed E-state index contributed by atoms with van der Waals surface area (Å²) in [6, 6.07) is 5.49. The van der Waals surface area contributed by atoms with E-state index in [1.54, 1.807) is 18.5 Å². The number of aromatic nitrogens is 1. The molecule has 2 heterocycles. The number of pyridine rings is 1. The van der Waals surface area contributed by atoms with Crippen LogP contribution in [0.25, 0.3) is 11.1 Å². The highest BCUT2D eigenvalue weighted by Crippen LogP contribution is 2.23. The van der Waals surface area contributed by atoms with Crippen molar-refractivity contribution in [2.24, 2.45) is 0 Å². The molecule has 0 saturated carbocycles. The fourth-order valence-electron chi connectivity index (χ4n) is 1.33. The van der Waals surface area contributed by atoms with Gasteiger partial charge >= 0.3 is 0 Å². The highest BCUT2D eigenvalue weighted by molar-refractivity contribution is 5.97. The summed E-state index contributed by atoms with van der Waals surface area (Å²) in [6.45, 7) is 1.48. The van der Waals surface area contributed by atoms with Gasteiger partial charge < -0.3 is 4.42 Å². The molecule has 3 nitrogen and oxygen atoms in total. The first kappa shape index (κ1) is 8.69. The summed E-state index contributed by atoms with van der Waals surface area (Å²) in [5.74, 6) is 0.312. The van der Waals surface area contributed by atoms with E-state index < -0.39 is 0 Å². The Morgan fingerprint density at radius 1 is 1.43 bits per heavy atom. The molecule has 0 N–H and O–H groups in total. The lowest BCUT2D eigenvalue weighted by molar-refractivity contribution is 0.0988. The van der Waals surface area contributed by atoms with Crippen molar-refractivity contribution >= 4 is 5.78 Å². The fraction of sp³-hybridized carbons (Fsp3) is 0.0909. The molecule has 2 rings (SSSR count). The van der Waals surface area contributed by atoms with Gasteiger partial charge in [-0.05, 0) is 12.1 Å². The number of hydrogen-bond acceptors (Lipinski definition) is 3. The molecule has 0 aliphatic carbocycles. The zero-order valence-electron chi connectivity index (χ0n) is 7.73. The molecule has 0 aliphatic heterocycles. The first-order chi connectivity index (χ1) is 6.79. The van der Waals surface area contributed by atoms with Crippen LogP contribution in [0, 0.1) is 0 Å². The molecule has 0 bridgehead atoms. The van der Waals surface area contributed by atoms with Gasteiger partial charge in [-0.25, -0.2) is 0 Å². The van der Waals surface area contributed by atoms with E-state index in [1.807, 2.05) is 12.1 Å². The quantitative estimate of drug-likeness (QED) is 0.678. The van der Waals surface area contributed by atoms with Gasteiger partial charge in [0.25, 0.3) is 0 Å². The second kappa shape index (κ2) is 3.46. The van der Waals surface area contributed by atoms with Gasteiger partial charge in [-0.3, -0.25) is 9.78 Å². The second-order valence-electron chi connectivity index (χ2n) is 2.96. The summed E-state index contributed by atoms with van der Waals surface area (Å²) in [6.07, 6.45) is 4.91. The van der Waals surface area contributed by atoms with Gasteiger partial charge in [-0.2, -0.15) is 0 Å². The Morgan fingerprint density at radius 2 is 2.29 bits per heavy atom. The molecule has 2 aromatic rings. The molecule has 0 amide bonds. The highest BCUT2D eigenvalue weighted by Gasteiger charge is 2.12. The maximum atomic E-state index is 11.2. The van der Waals surface area contributed by atoms with Gasteiger partial charge in [0.2, 0.25) is 0 Å². The Balaban J connectivity index is 2.52. The topological polar surface area (TPSA) is 43.1 Å². The molecule has 0 saturated heterocycles. The van der Waals surface area contributed by atoms with Gasteiger partial charge in [0.1, 0.15) is 0 Å². The summed E-state index contributed by atoms with van der Waals surface area (Å²) in [7, 11) is 0. The molecule has 0 aliphatic rings. The van der Waals surface area contributed by atoms with Crippen LogP contribution in [0.5, 0.6) is 0 Å². The summed E-state index contributed by atoms with van der Waals surface area (Å²) >= 11 is 0. The van der Waals surface area contributed by atoms with Crippen LogP contribution in [-0.2, 0) is 0 Å². The molecule has 0 spiro atoms. The zero-order chi connectivity index (χ0) is 9.97. The third kappa shape index (κ3) is 1.44. The molecular formula is C11H9NO2. The van der Waals surface area contributed by atoms with E-state index in [0.717, 1.165) is 11.1 Å². The number of furan rings is 1. The van der Waals surface area contributed by atoms with E-state index in [1.165, 1.54) is 13.2 Å². The minimum absolute atomic E-state index is 0.0751. The lowest BCUT2D eigenvalue weighted by atomic mass is 10.1. The average Bonchev–Trinajstić information content (AvgIpc) is 2.67. The number of Topliss-reactive ketones (excluding diaryl/α,β-unsaturated/α-hetero) is 1. The number of nitrogens with zero attached hydrogens (tertiary/aromatic N) is 1. The number of ketones is 1. The molecule has 0 fully saturated rings. The zero-order valence-corrected chi connectivity index (χ0v) is 7.73. The standard InChI is InChI=1S/C11H9NO2/c1-8(13)11-10(4-6-14-11)9-3-2-5-12-7-9/h2-7H,1H3. The Labute approximate surface area is 81.4 Å². The van der Waals surface area contributed by atoms with Crippen LogP contribution in [-0.4, -0.2) is 10.8 Å². The third-order valence-corrected chi connectivity index (χ3v) is 1.96. The van der Waals surface area contributed by atoms with Crippen LogP contribution >= 0.6 is 0 Å². The van der Waals surface area contributed by atoms with Crippen molar-refractivity contribution in [3.05, 3.63) is 42.6 Å². The summed E-state index contributed by atoms with van der Waals surface area (Å²) in [4.78, 5) is 15.2. The molecule has 70 valence electrons. The van der Waals surface area contributed by atoms with Gasteiger partial charge in [-0.1, -0.05) is 6.07 Å². The van der Waals surface area contributed by atoms with E-state index in [4.69, 9.17) is 4.42 Å². The van der Waals surface area contributed by atoms with E-state index in [9.17, 15) is 4.79 Å². The largest absolute Gasteiger partial charge is 0.461 e. The second-order valence-corrected chi connectivity index (χ2v) is 2.96. The maximum Gasteiger partial charge on any atom is 0.195 e. The van der Waals surface area contributed by atoms with Crippen LogP contribution in [0.3, 0.4) is 0 Å². The summed E-state index contributed by atoms with van der Waals surface area (Å²) in [5.41, 5.74) is 1.69. The number of hydrogen-bond donors (Lipinski definition) is 0. The summed E-state index contributed by atoms with van der Waals surface area (Å²) < 4.78 is 5.10. The van der Waals surface area contributed by atoms with E-state index in [2.05, 4.69) is 4.98 Å².